The van der Waals surface area contributed by atoms with E-state index in [0.717, 1.165) is 39.0 Å². The zero-order chi connectivity index (χ0) is 12.5. The van der Waals surface area contributed by atoms with Gasteiger partial charge in [-0.2, -0.15) is 0 Å². The number of benzene rings is 1. The second-order valence-corrected chi connectivity index (χ2v) is 4.59. The Labute approximate surface area is 106 Å². The van der Waals surface area contributed by atoms with Gasteiger partial charge in [-0.25, -0.2) is 0 Å². The van der Waals surface area contributed by atoms with Crippen molar-refractivity contribution in [3.63, 3.8) is 0 Å². The van der Waals surface area contributed by atoms with Gasteiger partial charge in [-0.1, -0.05) is 38.1 Å². The van der Waals surface area contributed by atoms with Crippen LogP contribution in [0.25, 0.3) is 0 Å². The molecular formula is C15H26N2. The van der Waals surface area contributed by atoms with Crippen molar-refractivity contribution in [2.24, 2.45) is 5.73 Å². The summed E-state index contributed by atoms with van der Waals surface area (Å²) in [5, 5.41) is 0. The van der Waals surface area contributed by atoms with Crippen molar-refractivity contribution in [3.8, 4) is 0 Å². The molecule has 1 rings (SSSR count). The molecule has 1 aromatic rings. The van der Waals surface area contributed by atoms with Crippen molar-refractivity contribution in [3.05, 3.63) is 35.4 Å². The second kappa shape index (κ2) is 8.26. The Hall–Kier alpha value is -0.860. The number of aryl methyl sites for hydroxylation is 1. The molecule has 0 unspecified atom stereocenters. The van der Waals surface area contributed by atoms with Gasteiger partial charge in [0.05, 0.1) is 0 Å². The Kier molecular flexibility index (Phi) is 6.90. The van der Waals surface area contributed by atoms with Crippen molar-refractivity contribution in [2.45, 2.75) is 39.7 Å². The molecule has 0 saturated heterocycles. The summed E-state index contributed by atoms with van der Waals surface area (Å²) in [4.78, 5) is 2.49. The topological polar surface area (TPSA) is 29.3 Å². The number of nitrogens with two attached hydrogens (primary N) is 1. The van der Waals surface area contributed by atoms with Crippen LogP contribution in [0.15, 0.2) is 24.3 Å². The Bertz CT molecular complexity index is 292. The molecule has 2 heteroatoms. The van der Waals surface area contributed by atoms with E-state index in [2.05, 4.69) is 43.0 Å². The molecule has 0 atom stereocenters. The molecule has 0 aromatic heterocycles. The quantitative estimate of drug-likeness (QED) is 0.749. The van der Waals surface area contributed by atoms with E-state index in [9.17, 15) is 0 Å². The van der Waals surface area contributed by atoms with Gasteiger partial charge in [0.25, 0.3) is 0 Å². The first kappa shape index (κ1) is 14.2. The number of nitrogens with zero attached hydrogens (tertiary/aromatic N) is 1. The fourth-order valence-corrected chi connectivity index (χ4v) is 2.04. The molecule has 0 bridgehead atoms. The van der Waals surface area contributed by atoms with Gasteiger partial charge in [0.15, 0.2) is 0 Å². The summed E-state index contributed by atoms with van der Waals surface area (Å²) in [7, 11) is 0. The Morgan fingerprint density at radius 1 is 1.00 bits per heavy atom. The zero-order valence-electron chi connectivity index (χ0n) is 11.3. The van der Waals surface area contributed by atoms with E-state index in [1.165, 1.54) is 17.5 Å². The minimum Gasteiger partial charge on any atom is -0.330 e. The summed E-state index contributed by atoms with van der Waals surface area (Å²) >= 11 is 0. The highest BCUT2D eigenvalue weighted by Crippen LogP contribution is 2.09. The molecule has 0 saturated carbocycles. The summed E-state index contributed by atoms with van der Waals surface area (Å²) in [6.45, 7) is 8.54. The lowest BCUT2D eigenvalue weighted by atomic mass is 10.1. The predicted molar refractivity (Wildman–Crippen MR) is 75.1 cm³/mol. The molecule has 0 spiro atoms. The van der Waals surface area contributed by atoms with Gasteiger partial charge < -0.3 is 5.73 Å². The van der Waals surface area contributed by atoms with Crippen LogP contribution in [0.2, 0.25) is 0 Å². The summed E-state index contributed by atoms with van der Waals surface area (Å²) in [6, 6.07) is 8.98. The third-order valence-electron chi connectivity index (χ3n) is 3.06. The first-order chi connectivity index (χ1) is 8.30. The van der Waals surface area contributed by atoms with E-state index in [4.69, 9.17) is 5.73 Å². The van der Waals surface area contributed by atoms with Crippen molar-refractivity contribution in [1.82, 2.24) is 4.90 Å². The van der Waals surface area contributed by atoms with E-state index in [0.29, 0.717) is 0 Å². The third kappa shape index (κ3) is 5.33. The van der Waals surface area contributed by atoms with Crippen LogP contribution in [0.3, 0.4) is 0 Å². The average molecular weight is 234 g/mol. The van der Waals surface area contributed by atoms with Gasteiger partial charge in [0.2, 0.25) is 0 Å². The molecule has 96 valence electrons. The van der Waals surface area contributed by atoms with Crippen molar-refractivity contribution in [1.29, 1.82) is 0 Å². The smallest absolute Gasteiger partial charge is 0.0233 e. The summed E-state index contributed by atoms with van der Waals surface area (Å²) in [6.07, 6.45) is 3.41. The number of rotatable bonds is 8. The fraction of sp³-hybridized carbons (Fsp3) is 0.600. The molecule has 1 aromatic carbocycles. The Morgan fingerprint density at radius 3 is 2.18 bits per heavy atom. The second-order valence-electron chi connectivity index (χ2n) is 4.59. The molecule has 0 heterocycles. The van der Waals surface area contributed by atoms with Crippen LogP contribution in [0.1, 0.15) is 37.8 Å². The SMILES string of the molecule is CCCN(CCCN)Cc1ccc(CC)cc1. The van der Waals surface area contributed by atoms with Crippen molar-refractivity contribution in [2.75, 3.05) is 19.6 Å². The molecule has 2 nitrogen and oxygen atoms in total. The Morgan fingerprint density at radius 2 is 1.65 bits per heavy atom. The van der Waals surface area contributed by atoms with Crippen LogP contribution in [0.5, 0.6) is 0 Å². The molecular weight excluding hydrogens is 208 g/mol. The maximum Gasteiger partial charge on any atom is 0.0233 e. The highest BCUT2D eigenvalue weighted by Gasteiger charge is 2.04. The molecule has 0 radical (unpaired) electrons. The number of hydrogen-bond acceptors (Lipinski definition) is 2. The predicted octanol–water partition coefficient (Wildman–Crippen LogP) is 2.81. The minimum absolute atomic E-state index is 0.787. The summed E-state index contributed by atoms with van der Waals surface area (Å²) < 4.78 is 0. The summed E-state index contributed by atoms with van der Waals surface area (Å²) in [5.74, 6) is 0. The van der Waals surface area contributed by atoms with Crippen LogP contribution in [-0.2, 0) is 13.0 Å². The molecule has 2 N–H and O–H groups in total. The molecule has 17 heavy (non-hydrogen) atoms. The van der Waals surface area contributed by atoms with Crippen LogP contribution >= 0.6 is 0 Å². The zero-order valence-corrected chi connectivity index (χ0v) is 11.3. The van der Waals surface area contributed by atoms with E-state index >= 15 is 0 Å². The highest BCUT2D eigenvalue weighted by atomic mass is 15.1. The Balaban J connectivity index is 2.51. The van der Waals surface area contributed by atoms with Gasteiger partial charge in [0, 0.05) is 6.54 Å². The van der Waals surface area contributed by atoms with Crippen molar-refractivity contribution >= 4 is 0 Å². The molecule has 0 aliphatic carbocycles. The molecule has 0 fully saturated rings. The highest BCUT2D eigenvalue weighted by molar-refractivity contribution is 5.22. The van der Waals surface area contributed by atoms with Gasteiger partial charge in [-0.05, 0) is 50.0 Å². The van der Waals surface area contributed by atoms with Crippen LogP contribution in [0, 0.1) is 0 Å². The molecule has 0 aliphatic heterocycles. The largest absolute Gasteiger partial charge is 0.330 e. The standard InChI is InChI=1S/C15H26N2/c1-3-11-17(12-5-10-16)13-15-8-6-14(4-2)7-9-15/h6-9H,3-5,10-13,16H2,1-2H3. The maximum atomic E-state index is 5.58. The lowest BCUT2D eigenvalue weighted by molar-refractivity contribution is 0.264. The van der Waals surface area contributed by atoms with Gasteiger partial charge in [-0.3, -0.25) is 4.90 Å². The van der Waals surface area contributed by atoms with Crippen LogP contribution in [-0.4, -0.2) is 24.5 Å². The van der Waals surface area contributed by atoms with Gasteiger partial charge in [-0.15, -0.1) is 0 Å². The van der Waals surface area contributed by atoms with Gasteiger partial charge >= 0.3 is 0 Å². The fourth-order valence-electron chi connectivity index (χ4n) is 2.04. The van der Waals surface area contributed by atoms with Crippen LogP contribution < -0.4 is 5.73 Å². The van der Waals surface area contributed by atoms with Crippen LogP contribution in [0.4, 0.5) is 0 Å². The van der Waals surface area contributed by atoms with E-state index in [-0.39, 0.29) is 0 Å². The first-order valence-corrected chi connectivity index (χ1v) is 6.80. The van der Waals surface area contributed by atoms with E-state index in [1.54, 1.807) is 0 Å². The average Bonchev–Trinajstić information content (AvgIpc) is 2.37. The maximum absolute atomic E-state index is 5.58. The lowest BCUT2D eigenvalue weighted by Crippen LogP contribution is -2.26. The molecule has 0 amide bonds. The lowest BCUT2D eigenvalue weighted by Gasteiger charge is -2.21. The minimum atomic E-state index is 0.787. The first-order valence-electron chi connectivity index (χ1n) is 6.80. The normalized spacial score (nSPS) is 11.1. The van der Waals surface area contributed by atoms with Crippen molar-refractivity contribution < 1.29 is 0 Å². The number of hydrogen-bond donors (Lipinski definition) is 1. The van der Waals surface area contributed by atoms with E-state index in [1.807, 2.05) is 0 Å². The monoisotopic (exact) mass is 234 g/mol. The van der Waals surface area contributed by atoms with Gasteiger partial charge in [0.1, 0.15) is 0 Å². The third-order valence-corrected chi connectivity index (χ3v) is 3.06. The van der Waals surface area contributed by atoms with E-state index < -0.39 is 0 Å². The molecule has 0 aliphatic rings. The summed E-state index contributed by atoms with van der Waals surface area (Å²) in [5.41, 5.74) is 8.40.